The van der Waals surface area contributed by atoms with Gasteiger partial charge in [0.05, 0.1) is 0 Å². The summed E-state index contributed by atoms with van der Waals surface area (Å²) in [5.74, 6) is 1.41. The van der Waals surface area contributed by atoms with Crippen molar-refractivity contribution < 1.29 is 14.3 Å². The summed E-state index contributed by atoms with van der Waals surface area (Å²) in [6, 6.07) is 34.7. The number of hydrogen-bond donors (Lipinski definition) is 0. The van der Waals surface area contributed by atoms with Crippen molar-refractivity contribution >= 4 is 11.6 Å². The molecule has 1 amide bonds. The van der Waals surface area contributed by atoms with Crippen LogP contribution < -0.4 is 14.4 Å². The molecule has 0 N–H and O–H groups in total. The lowest BCUT2D eigenvalue weighted by atomic mass is 10.1. The predicted octanol–water partition coefficient (Wildman–Crippen LogP) is 6.04. The van der Waals surface area contributed by atoms with Gasteiger partial charge in [0.1, 0.15) is 0 Å². The fourth-order valence-corrected chi connectivity index (χ4v) is 4.47. The van der Waals surface area contributed by atoms with Gasteiger partial charge in [0.15, 0.2) is 11.5 Å². The van der Waals surface area contributed by atoms with E-state index in [-0.39, 0.29) is 12.7 Å². The minimum Gasteiger partial charge on any atom is -0.454 e. The molecule has 2 aliphatic rings. The van der Waals surface area contributed by atoms with E-state index in [0.29, 0.717) is 17.1 Å². The van der Waals surface area contributed by atoms with E-state index in [2.05, 4.69) is 84.6 Å². The number of fused-ring (bicyclic) bond motifs is 1. The van der Waals surface area contributed by atoms with Crippen LogP contribution in [0.2, 0.25) is 0 Å². The molecule has 1 saturated heterocycles. The van der Waals surface area contributed by atoms with Crippen LogP contribution in [0.15, 0.2) is 103 Å². The van der Waals surface area contributed by atoms with Crippen LogP contribution >= 0.6 is 0 Å². The number of ether oxygens (including phenoxy) is 2. The van der Waals surface area contributed by atoms with Gasteiger partial charge in [-0.05, 0) is 53.9 Å². The van der Waals surface area contributed by atoms with Gasteiger partial charge in [0.2, 0.25) is 6.79 Å². The summed E-state index contributed by atoms with van der Waals surface area (Å²) < 4.78 is 10.7. The van der Waals surface area contributed by atoms with Gasteiger partial charge >= 0.3 is 0 Å². The molecule has 0 spiro atoms. The number of carbonyl (C=O) groups excluding carboxylic acids is 1. The van der Waals surface area contributed by atoms with Gasteiger partial charge in [-0.25, -0.2) is 0 Å². The molecule has 4 aromatic rings. The molecule has 0 saturated carbocycles. The molecule has 0 bridgehead atoms. The van der Waals surface area contributed by atoms with Gasteiger partial charge in [-0.2, -0.15) is 0 Å². The zero-order valence-corrected chi connectivity index (χ0v) is 20.5. The Kier molecular flexibility index (Phi) is 7.17. The fourth-order valence-electron chi connectivity index (χ4n) is 4.47. The summed E-state index contributed by atoms with van der Waals surface area (Å²) in [6.45, 7) is 5.47. The van der Waals surface area contributed by atoms with Crippen LogP contribution in [-0.2, 0) is 0 Å². The normalized spacial score (nSPS) is 14.1. The third-order valence-corrected chi connectivity index (χ3v) is 6.43. The van der Waals surface area contributed by atoms with E-state index in [1.807, 2.05) is 23.1 Å². The summed E-state index contributed by atoms with van der Waals surface area (Å²) in [6.07, 6.45) is 0. The van der Waals surface area contributed by atoms with Crippen LogP contribution in [0.1, 0.15) is 15.9 Å². The van der Waals surface area contributed by atoms with Gasteiger partial charge in [-0.15, -0.1) is 0 Å². The van der Waals surface area contributed by atoms with Gasteiger partial charge < -0.3 is 19.3 Å². The quantitative estimate of drug-likeness (QED) is 0.360. The Morgan fingerprint density at radius 1 is 0.667 bits per heavy atom. The van der Waals surface area contributed by atoms with Crippen LogP contribution in [-0.4, -0.2) is 43.8 Å². The van der Waals surface area contributed by atoms with Crippen molar-refractivity contribution in [1.82, 2.24) is 4.90 Å². The Bertz CT molecular complexity index is 1260. The van der Waals surface area contributed by atoms with Crippen molar-refractivity contribution in [1.29, 1.82) is 0 Å². The van der Waals surface area contributed by atoms with E-state index in [1.165, 1.54) is 22.4 Å². The monoisotopic (exact) mass is 478 g/mol. The highest BCUT2D eigenvalue weighted by atomic mass is 16.7. The molecule has 0 aromatic heterocycles. The zero-order valence-electron chi connectivity index (χ0n) is 20.5. The average Bonchev–Trinajstić information content (AvgIpc) is 3.42. The van der Waals surface area contributed by atoms with Gasteiger partial charge in [0.25, 0.3) is 5.91 Å². The van der Waals surface area contributed by atoms with Crippen molar-refractivity contribution in [2.75, 3.05) is 37.9 Å². The van der Waals surface area contributed by atoms with E-state index in [4.69, 9.17) is 9.47 Å². The third kappa shape index (κ3) is 5.52. The summed E-state index contributed by atoms with van der Waals surface area (Å²) in [5, 5.41) is 0. The maximum absolute atomic E-state index is 12.7. The molecule has 5 nitrogen and oxygen atoms in total. The van der Waals surface area contributed by atoms with Crippen molar-refractivity contribution in [3.63, 3.8) is 0 Å². The van der Waals surface area contributed by atoms with Gasteiger partial charge in [0, 0.05) is 37.4 Å². The number of hydrogen-bond acceptors (Lipinski definition) is 4. The summed E-state index contributed by atoms with van der Waals surface area (Å²) in [7, 11) is 0. The first-order valence-electron chi connectivity index (χ1n) is 12.3. The molecular formula is C31H30N2O3. The standard InChI is InChI=1S/C19H20N2O3.C12H10/c1-14-3-2-4-16(11-14)20-7-9-21(10-8-20)19(22)15-5-6-17-18(12-15)24-13-23-17;1-3-7-11(8-4-1)12-9-5-2-6-10-12/h2-6,11-12H,7-10,13H2,1H3;1-10H. The molecule has 36 heavy (non-hydrogen) atoms. The molecule has 182 valence electrons. The summed E-state index contributed by atoms with van der Waals surface area (Å²) in [5.41, 5.74) is 5.69. The maximum Gasteiger partial charge on any atom is 0.254 e. The van der Waals surface area contributed by atoms with Crippen LogP contribution in [0.5, 0.6) is 11.5 Å². The van der Waals surface area contributed by atoms with Crippen molar-refractivity contribution in [2.45, 2.75) is 6.92 Å². The number of piperazine rings is 1. The highest BCUT2D eigenvalue weighted by Crippen LogP contribution is 2.33. The second-order valence-corrected chi connectivity index (χ2v) is 8.92. The predicted molar refractivity (Wildman–Crippen MR) is 144 cm³/mol. The first-order chi connectivity index (χ1) is 17.7. The maximum atomic E-state index is 12.7. The number of carbonyl (C=O) groups is 1. The van der Waals surface area contributed by atoms with Crippen molar-refractivity contribution in [3.05, 3.63) is 114 Å². The van der Waals surface area contributed by atoms with E-state index in [1.54, 1.807) is 12.1 Å². The largest absolute Gasteiger partial charge is 0.454 e. The highest BCUT2D eigenvalue weighted by Gasteiger charge is 2.24. The summed E-state index contributed by atoms with van der Waals surface area (Å²) >= 11 is 0. The number of aryl methyl sites for hydroxylation is 1. The highest BCUT2D eigenvalue weighted by molar-refractivity contribution is 5.95. The zero-order chi connectivity index (χ0) is 24.7. The van der Waals surface area contributed by atoms with E-state index in [9.17, 15) is 4.79 Å². The lowest BCUT2D eigenvalue weighted by Crippen LogP contribution is -2.48. The van der Waals surface area contributed by atoms with Crippen LogP contribution in [0.3, 0.4) is 0 Å². The second-order valence-electron chi connectivity index (χ2n) is 8.92. The summed E-state index contributed by atoms with van der Waals surface area (Å²) in [4.78, 5) is 16.9. The number of rotatable bonds is 3. The van der Waals surface area contributed by atoms with Gasteiger partial charge in [-0.3, -0.25) is 4.79 Å². The average molecular weight is 479 g/mol. The molecule has 0 radical (unpaired) electrons. The first kappa shape index (κ1) is 23.5. The molecule has 4 aromatic carbocycles. The SMILES string of the molecule is Cc1cccc(N2CCN(C(=O)c3ccc4c(c3)OCO4)CC2)c1.c1ccc(-c2ccccc2)cc1. The van der Waals surface area contributed by atoms with Gasteiger partial charge in [-0.1, -0.05) is 72.8 Å². The molecular weight excluding hydrogens is 448 g/mol. The van der Waals surface area contributed by atoms with E-state index >= 15 is 0 Å². The van der Waals surface area contributed by atoms with E-state index in [0.717, 1.165) is 26.2 Å². The molecule has 2 heterocycles. The minimum atomic E-state index is 0.0530. The lowest BCUT2D eigenvalue weighted by Gasteiger charge is -2.36. The topological polar surface area (TPSA) is 42.0 Å². The van der Waals surface area contributed by atoms with Crippen molar-refractivity contribution in [2.24, 2.45) is 0 Å². The third-order valence-electron chi connectivity index (χ3n) is 6.43. The van der Waals surface area contributed by atoms with E-state index < -0.39 is 0 Å². The number of nitrogens with zero attached hydrogens (tertiary/aromatic N) is 2. The Balaban J connectivity index is 0.000000186. The number of benzene rings is 4. The molecule has 2 aliphatic heterocycles. The first-order valence-corrected chi connectivity index (χ1v) is 12.3. The smallest absolute Gasteiger partial charge is 0.254 e. The lowest BCUT2D eigenvalue weighted by molar-refractivity contribution is 0.0746. The Hall–Kier alpha value is -4.25. The molecule has 1 fully saturated rings. The molecule has 0 atom stereocenters. The fraction of sp³-hybridized carbons (Fsp3) is 0.194. The molecule has 6 rings (SSSR count). The van der Waals surface area contributed by atoms with Crippen LogP contribution in [0.4, 0.5) is 5.69 Å². The van der Waals surface area contributed by atoms with Crippen LogP contribution in [0.25, 0.3) is 11.1 Å². The number of anilines is 1. The minimum absolute atomic E-state index is 0.0530. The van der Waals surface area contributed by atoms with Crippen molar-refractivity contribution in [3.8, 4) is 22.6 Å². The molecule has 5 heteroatoms. The molecule has 0 unspecified atom stereocenters. The second kappa shape index (κ2) is 11.0. The Labute approximate surface area is 212 Å². The Morgan fingerprint density at radius 3 is 1.94 bits per heavy atom. The number of amides is 1. The molecule has 0 aliphatic carbocycles. The Morgan fingerprint density at radius 2 is 1.31 bits per heavy atom. The van der Waals surface area contributed by atoms with Crippen LogP contribution in [0, 0.1) is 6.92 Å².